The Labute approximate surface area is 155 Å². The Hall–Kier alpha value is -1.09. The molecular weight excluding hydrogens is 388 g/mol. The zero-order valence-electron chi connectivity index (χ0n) is 13.4. The van der Waals surface area contributed by atoms with E-state index in [4.69, 9.17) is 11.6 Å². The van der Waals surface area contributed by atoms with E-state index in [0.717, 1.165) is 9.50 Å². The van der Waals surface area contributed by atoms with Gasteiger partial charge in [-0.1, -0.05) is 68.8 Å². The fourth-order valence-electron chi connectivity index (χ4n) is 2.44. The molecule has 0 aliphatic carbocycles. The van der Waals surface area contributed by atoms with Crippen LogP contribution in [0.4, 0.5) is 0 Å². The Morgan fingerprint density at radius 3 is 2.00 bits per heavy atom. The van der Waals surface area contributed by atoms with Gasteiger partial charge in [-0.15, -0.1) is 11.3 Å². The van der Waals surface area contributed by atoms with E-state index in [0.29, 0.717) is 0 Å². The Balaban J connectivity index is 1.96. The maximum atomic E-state index is 5.98. The molecule has 118 valence electrons. The molecule has 0 saturated heterocycles. The monoisotopic (exact) mass is 404 g/mol. The van der Waals surface area contributed by atoms with Crippen molar-refractivity contribution in [2.75, 3.05) is 0 Å². The van der Waals surface area contributed by atoms with Crippen molar-refractivity contribution < 1.29 is 0 Å². The van der Waals surface area contributed by atoms with Crippen LogP contribution in [0.5, 0.6) is 0 Å². The average molecular weight is 406 g/mol. The molecule has 0 atom stereocenters. The van der Waals surface area contributed by atoms with Gasteiger partial charge in [0.15, 0.2) is 0 Å². The predicted octanol–water partition coefficient (Wildman–Crippen LogP) is 7.80. The molecule has 1 aromatic heterocycles. The van der Waals surface area contributed by atoms with Crippen LogP contribution in [0.15, 0.2) is 59.1 Å². The van der Waals surface area contributed by atoms with Crippen LogP contribution in [0.1, 0.15) is 26.3 Å². The van der Waals surface area contributed by atoms with Crippen molar-refractivity contribution in [3.8, 4) is 20.9 Å². The maximum absolute atomic E-state index is 5.98. The van der Waals surface area contributed by atoms with Gasteiger partial charge in [0.2, 0.25) is 0 Å². The highest BCUT2D eigenvalue weighted by Crippen LogP contribution is 2.41. The van der Waals surface area contributed by atoms with Crippen molar-refractivity contribution in [1.82, 2.24) is 0 Å². The molecule has 0 N–H and O–H groups in total. The van der Waals surface area contributed by atoms with Gasteiger partial charge in [0.05, 0.1) is 0 Å². The van der Waals surface area contributed by atoms with Crippen LogP contribution in [-0.4, -0.2) is 0 Å². The molecule has 0 unspecified atom stereocenters. The standard InChI is InChI=1S/C20H18BrClS/c1-20(2,3)15-8-4-14(5-9-15)19-17(21)12-18(23-19)13-6-10-16(22)11-7-13/h4-12H,1-3H3. The van der Waals surface area contributed by atoms with Crippen molar-refractivity contribution in [1.29, 1.82) is 0 Å². The minimum atomic E-state index is 0.180. The minimum Gasteiger partial charge on any atom is -0.134 e. The lowest BCUT2D eigenvalue weighted by molar-refractivity contribution is 0.590. The van der Waals surface area contributed by atoms with E-state index in [-0.39, 0.29) is 5.41 Å². The van der Waals surface area contributed by atoms with Gasteiger partial charge < -0.3 is 0 Å². The lowest BCUT2D eigenvalue weighted by atomic mass is 9.86. The fraction of sp³-hybridized carbons (Fsp3) is 0.200. The van der Waals surface area contributed by atoms with Crippen LogP contribution in [0.3, 0.4) is 0 Å². The summed E-state index contributed by atoms with van der Waals surface area (Å²) in [6, 6.07) is 19.0. The Bertz CT molecular complexity index is 808. The highest BCUT2D eigenvalue weighted by molar-refractivity contribution is 9.10. The number of benzene rings is 2. The molecule has 23 heavy (non-hydrogen) atoms. The summed E-state index contributed by atoms with van der Waals surface area (Å²) in [6.45, 7) is 6.71. The van der Waals surface area contributed by atoms with Crippen molar-refractivity contribution >= 4 is 38.9 Å². The highest BCUT2D eigenvalue weighted by Gasteiger charge is 2.15. The highest BCUT2D eigenvalue weighted by atomic mass is 79.9. The topological polar surface area (TPSA) is 0 Å². The largest absolute Gasteiger partial charge is 0.134 e. The molecule has 0 radical (unpaired) electrons. The molecule has 3 heteroatoms. The zero-order chi connectivity index (χ0) is 16.6. The minimum absolute atomic E-state index is 0.180. The first kappa shape index (κ1) is 16.8. The van der Waals surface area contributed by atoms with Gasteiger partial charge in [-0.25, -0.2) is 0 Å². The molecule has 0 fully saturated rings. The number of halogens is 2. The molecule has 0 spiro atoms. The Kier molecular flexibility index (Phi) is 4.68. The summed E-state index contributed by atoms with van der Waals surface area (Å²) in [7, 11) is 0. The molecule has 3 rings (SSSR count). The van der Waals surface area contributed by atoms with E-state index >= 15 is 0 Å². The molecule has 0 aliphatic heterocycles. The normalized spacial score (nSPS) is 11.7. The van der Waals surface area contributed by atoms with Gasteiger partial charge in [-0.2, -0.15) is 0 Å². The first-order chi connectivity index (χ1) is 10.8. The predicted molar refractivity (Wildman–Crippen MR) is 107 cm³/mol. The third kappa shape index (κ3) is 3.71. The number of thiophene rings is 1. The van der Waals surface area contributed by atoms with Gasteiger partial charge in [-0.05, 0) is 56.2 Å². The van der Waals surface area contributed by atoms with Gasteiger partial charge in [-0.3, -0.25) is 0 Å². The van der Waals surface area contributed by atoms with E-state index in [9.17, 15) is 0 Å². The summed E-state index contributed by atoms with van der Waals surface area (Å²) < 4.78 is 1.14. The average Bonchev–Trinajstić information content (AvgIpc) is 2.89. The third-order valence-corrected chi connectivity index (χ3v) is 6.20. The van der Waals surface area contributed by atoms with Crippen LogP contribution in [0.2, 0.25) is 5.02 Å². The maximum Gasteiger partial charge on any atom is 0.0491 e. The van der Waals surface area contributed by atoms with Crippen LogP contribution in [0.25, 0.3) is 20.9 Å². The Morgan fingerprint density at radius 2 is 1.43 bits per heavy atom. The number of rotatable bonds is 2. The van der Waals surface area contributed by atoms with Crippen molar-refractivity contribution in [3.63, 3.8) is 0 Å². The van der Waals surface area contributed by atoms with Gasteiger partial charge >= 0.3 is 0 Å². The lowest BCUT2D eigenvalue weighted by Crippen LogP contribution is -2.10. The van der Waals surface area contributed by atoms with Gasteiger partial charge in [0.25, 0.3) is 0 Å². The van der Waals surface area contributed by atoms with Gasteiger partial charge in [0.1, 0.15) is 0 Å². The van der Waals surface area contributed by atoms with Crippen LogP contribution in [0, 0.1) is 0 Å². The zero-order valence-corrected chi connectivity index (χ0v) is 16.5. The number of hydrogen-bond donors (Lipinski definition) is 0. The van der Waals surface area contributed by atoms with Crippen LogP contribution in [-0.2, 0) is 5.41 Å². The summed E-state index contributed by atoms with van der Waals surface area (Å²) >= 11 is 11.5. The van der Waals surface area contributed by atoms with E-state index in [1.54, 1.807) is 11.3 Å². The molecule has 0 saturated carbocycles. The lowest BCUT2D eigenvalue weighted by Gasteiger charge is -2.19. The van der Waals surface area contributed by atoms with E-state index in [2.05, 4.69) is 79.2 Å². The molecule has 0 bridgehead atoms. The summed E-state index contributed by atoms with van der Waals surface area (Å²) in [4.78, 5) is 2.50. The van der Waals surface area contributed by atoms with Crippen LogP contribution >= 0.6 is 38.9 Å². The molecule has 1 heterocycles. The second-order valence-corrected chi connectivity index (χ2v) is 8.96. The first-order valence-electron chi connectivity index (χ1n) is 7.51. The van der Waals surface area contributed by atoms with Crippen molar-refractivity contribution in [2.24, 2.45) is 0 Å². The second-order valence-electron chi connectivity index (χ2n) is 6.62. The van der Waals surface area contributed by atoms with E-state index in [1.165, 1.54) is 26.4 Å². The number of hydrogen-bond acceptors (Lipinski definition) is 1. The van der Waals surface area contributed by atoms with Crippen LogP contribution < -0.4 is 0 Å². The molecule has 0 nitrogen and oxygen atoms in total. The first-order valence-corrected chi connectivity index (χ1v) is 9.49. The Morgan fingerprint density at radius 1 is 0.870 bits per heavy atom. The third-order valence-electron chi connectivity index (χ3n) is 3.83. The smallest absolute Gasteiger partial charge is 0.0491 e. The molecular formula is C20H18BrClS. The molecule has 0 aliphatic rings. The summed E-state index contributed by atoms with van der Waals surface area (Å²) in [5.41, 5.74) is 3.97. The molecule has 2 aromatic carbocycles. The second kappa shape index (κ2) is 6.43. The summed E-state index contributed by atoms with van der Waals surface area (Å²) in [6.07, 6.45) is 0. The molecule has 3 aromatic rings. The SMILES string of the molecule is CC(C)(C)c1ccc(-c2sc(-c3ccc(Cl)cc3)cc2Br)cc1. The quantitative estimate of drug-likeness (QED) is 0.408. The molecule has 0 amide bonds. The fourth-order valence-corrected chi connectivity index (χ4v) is 4.48. The van der Waals surface area contributed by atoms with Crippen molar-refractivity contribution in [3.05, 3.63) is 69.7 Å². The van der Waals surface area contributed by atoms with Crippen molar-refractivity contribution in [2.45, 2.75) is 26.2 Å². The van der Waals surface area contributed by atoms with E-state index in [1.807, 2.05) is 12.1 Å². The summed E-state index contributed by atoms with van der Waals surface area (Å²) in [5, 5.41) is 0.766. The van der Waals surface area contributed by atoms with Gasteiger partial charge in [0, 0.05) is 19.2 Å². The summed E-state index contributed by atoms with van der Waals surface area (Å²) in [5.74, 6) is 0. The van der Waals surface area contributed by atoms with E-state index < -0.39 is 0 Å².